The highest BCUT2D eigenvalue weighted by Crippen LogP contribution is 2.38. The molecule has 0 bridgehead atoms. The lowest BCUT2D eigenvalue weighted by molar-refractivity contribution is -0.152. The average molecular weight is 298 g/mol. The quantitative estimate of drug-likeness (QED) is 0.890. The van der Waals surface area contributed by atoms with Crippen molar-refractivity contribution in [3.63, 3.8) is 0 Å². The van der Waals surface area contributed by atoms with Crippen LogP contribution in [0.25, 0.3) is 0 Å². The summed E-state index contributed by atoms with van der Waals surface area (Å²) in [6, 6.07) is -0.484. The third-order valence-electron chi connectivity index (χ3n) is 3.45. The van der Waals surface area contributed by atoms with Crippen LogP contribution >= 0.6 is 11.3 Å². The predicted octanol–water partition coefficient (Wildman–Crippen LogP) is 1.46. The molecule has 2 unspecified atom stereocenters. The number of aromatic nitrogens is 1. The maximum atomic E-state index is 12.1. The van der Waals surface area contributed by atoms with Gasteiger partial charge in [0.15, 0.2) is 0 Å². The van der Waals surface area contributed by atoms with E-state index in [9.17, 15) is 14.7 Å². The molecule has 0 radical (unpaired) electrons. The first kappa shape index (κ1) is 14.9. The molecule has 0 aromatic carbocycles. The van der Waals surface area contributed by atoms with Crippen molar-refractivity contribution in [2.75, 3.05) is 20.3 Å². The topological polar surface area (TPSA) is 79.7 Å². The maximum Gasteiger partial charge on any atom is 0.309 e. The normalized spacial score (nSPS) is 23.1. The second kappa shape index (κ2) is 6.32. The molecule has 1 aromatic rings. The number of hydrogen-bond donors (Lipinski definition) is 1. The van der Waals surface area contributed by atoms with Gasteiger partial charge in [0.05, 0.1) is 18.6 Å². The lowest BCUT2D eigenvalue weighted by Gasteiger charge is -2.38. The molecule has 1 aliphatic rings. The lowest BCUT2D eigenvalue weighted by Crippen LogP contribution is -2.46. The van der Waals surface area contributed by atoms with Gasteiger partial charge in [0.1, 0.15) is 5.01 Å². The van der Waals surface area contributed by atoms with E-state index in [1.165, 1.54) is 11.3 Å². The monoisotopic (exact) mass is 298 g/mol. The first-order chi connectivity index (χ1) is 9.54. The number of amides is 1. The minimum Gasteiger partial charge on any atom is -0.481 e. The maximum absolute atomic E-state index is 12.1. The summed E-state index contributed by atoms with van der Waals surface area (Å²) in [6.45, 7) is 2.64. The first-order valence-electron chi connectivity index (χ1n) is 6.48. The van der Waals surface area contributed by atoms with Gasteiger partial charge in [0, 0.05) is 31.1 Å². The SMILES string of the molecule is COCCN1C(=O)CCC(C(=O)O)C1c1nc(C)cs1. The minimum absolute atomic E-state index is 0.0302. The van der Waals surface area contributed by atoms with E-state index >= 15 is 0 Å². The van der Waals surface area contributed by atoms with Crippen LogP contribution < -0.4 is 0 Å². The minimum atomic E-state index is -0.877. The number of carbonyl (C=O) groups is 2. The Bertz CT molecular complexity index is 502. The largest absolute Gasteiger partial charge is 0.481 e. The molecule has 2 atom stereocenters. The van der Waals surface area contributed by atoms with Crippen molar-refractivity contribution in [3.05, 3.63) is 16.1 Å². The standard InChI is InChI=1S/C13H18N2O4S/c1-8-7-20-12(14-8)11-9(13(17)18)3-4-10(16)15(11)5-6-19-2/h7,9,11H,3-6H2,1-2H3,(H,17,18). The number of aliphatic carboxylic acids is 1. The van der Waals surface area contributed by atoms with Gasteiger partial charge in [-0.15, -0.1) is 11.3 Å². The lowest BCUT2D eigenvalue weighted by atomic mass is 9.89. The van der Waals surface area contributed by atoms with Crippen LogP contribution in [-0.4, -0.2) is 47.1 Å². The van der Waals surface area contributed by atoms with E-state index in [-0.39, 0.29) is 12.3 Å². The summed E-state index contributed by atoms with van der Waals surface area (Å²) in [4.78, 5) is 29.6. The summed E-state index contributed by atoms with van der Waals surface area (Å²) < 4.78 is 5.02. The van der Waals surface area contributed by atoms with Gasteiger partial charge in [-0.2, -0.15) is 0 Å². The van der Waals surface area contributed by atoms with Gasteiger partial charge < -0.3 is 14.7 Å². The van der Waals surface area contributed by atoms with Gasteiger partial charge in [-0.3, -0.25) is 9.59 Å². The van der Waals surface area contributed by atoms with Crippen LogP contribution in [0.1, 0.15) is 29.6 Å². The third-order valence-corrected chi connectivity index (χ3v) is 4.48. The molecule has 1 aliphatic heterocycles. The first-order valence-corrected chi connectivity index (χ1v) is 7.35. The van der Waals surface area contributed by atoms with Crippen LogP contribution in [0.5, 0.6) is 0 Å². The summed E-state index contributed by atoms with van der Waals surface area (Å²) in [7, 11) is 1.56. The molecule has 1 saturated heterocycles. The number of piperidine rings is 1. The molecule has 0 spiro atoms. The van der Waals surface area contributed by atoms with Crippen molar-refractivity contribution in [2.24, 2.45) is 5.92 Å². The fraction of sp³-hybridized carbons (Fsp3) is 0.615. The molecule has 1 aromatic heterocycles. The van der Waals surface area contributed by atoms with Crippen molar-refractivity contribution in [2.45, 2.75) is 25.8 Å². The molecule has 2 rings (SSSR count). The fourth-order valence-corrected chi connectivity index (χ4v) is 3.45. The van der Waals surface area contributed by atoms with E-state index in [0.29, 0.717) is 24.6 Å². The zero-order chi connectivity index (χ0) is 14.7. The van der Waals surface area contributed by atoms with E-state index < -0.39 is 17.9 Å². The number of carboxylic acid groups (broad SMARTS) is 1. The second-order valence-electron chi connectivity index (χ2n) is 4.84. The number of ether oxygens (including phenoxy) is 1. The molecular formula is C13H18N2O4S. The number of rotatable bonds is 5. The molecule has 0 aliphatic carbocycles. The van der Waals surface area contributed by atoms with Crippen molar-refractivity contribution in [1.29, 1.82) is 0 Å². The van der Waals surface area contributed by atoms with E-state index in [4.69, 9.17) is 4.74 Å². The Labute approximate surface area is 121 Å². The second-order valence-corrected chi connectivity index (χ2v) is 5.72. The highest BCUT2D eigenvalue weighted by atomic mass is 32.1. The Balaban J connectivity index is 2.33. The fourth-order valence-electron chi connectivity index (χ4n) is 2.48. The Morgan fingerprint density at radius 1 is 1.65 bits per heavy atom. The molecule has 7 heteroatoms. The van der Waals surface area contributed by atoms with Crippen molar-refractivity contribution in [1.82, 2.24) is 9.88 Å². The van der Waals surface area contributed by atoms with E-state index in [1.54, 1.807) is 12.0 Å². The highest BCUT2D eigenvalue weighted by Gasteiger charge is 2.41. The smallest absolute Gasteiger partial charge is 0.309 e. The molecule has 1 amide bonds. The number of likely N-dealkylation sites (tertiary alicyclic amines) is 1. The molecule has 2 heterocycles. The Morgan fingerprint density at radius 3 is 2.95 bits per heavy atom. The van der Waals surface area contributed by atoms with Crippen molar-refractivity contribution >= 4 is 23.2 Å². The number of hydrogen-bond acceptors (Lipinski definition) is 5. The third kappa shape index (κ3) is 2.99. The number of thiazole rings is 1. The molecule has 1 N–H and O–H groups in total. The molecule has 110 valence electrons. The van der Waals surface area contributed by atoms with Gasteiger partial charge in [0.2, 0.25) is 5.91 Å². The molecule has 1 fully saturated rings. The molecule has 20 heavy (non-hydrogen) atoms. The van der Waals surface area contributed by atoms with Crippen LogP contribution in [0, 0.1) is 12.8 Å². The highest BCUT2D eigenvalue weighted by molar-refractivity contribution is 7.09. The van der Waals surface area contributed by atoms with E-state index in [0.717, 1.165) is 5.69 Å². The summed E-state index contributed by atoms with van der Waals surface area (Å²) in [5.41, 5.74) is 0.846. The van der Waals surface area contributed by atoms with Crippen LogP contribution in [-0.2, 0) is 14.3 Å². The van der Waals surface area contributed by atoms with Gasteiger partial charge >= 0.3 is 5.97 Å². The summed E-state index contributed by atoms with van der Waals surface area (Å²) in [5, 5.41) is 12.0. The van der Waals surface area contributed by atoms with Crippen LogP contribution in [0.2, 0.25) is 0 Å². The van der Waals surface area contributed by atoms with Gasteiger partial charge in [-0.1, -0.05) is 0 Å². The van der Waals surface area contributed by atoms with Crippen LogP contribution in [0.15, 0.2) is 5.38 Å². The zero-order valence-corrected chi connectivity index (χ0v) is 12.4. The summed E-state index contributed by atoms with van der Waals surface area (Å²) >= 11 is 1.41. The average Bonchev–Trinajstić information content (AvgIpc) is 2.83. The Hall–Kier alpha value is -1.47. The Morgan fingerprint density at radius 2 is 2.40 bits per heavy atom. The summed E-state index contributed by atoms with van der Waals surface area (Å²) in [6.07, 6.45) is 0.627. The van der Waals surface area contributed by atoms with Crippen LogP contribution in [0.3, 0.4) is 0 Å². The Kier molecular flexibility index (Phi) is 4.72. The van der Waals surface area contributed by atoms with Gasteiger partial charge in [-0.05, 0) is 13.3 Å². The molecule has 6 nitrogen and oxygen atoms in total. The van der Waals surface area contributed by atoms with Gasteiger partial charge in [-0.25, -0.2) is 4.98 Å². The molecular weight excluding hydrogens is 280 g/mol. The number of nitrogens with zero attached hydrogens (tertiary/aromatic N) is 2. The van der Waals surface area contributed by atoms with Crippen molar-refractivity contribution < 1.29 is 19.4 Å². The van der Waals surface area contributed by atoms with Crippen molar-refractivity contribution in [3.8, 4) is 0 Å². The zero-order valence-electron chi connectivity index (χ0n) is 11.5. The van der Waals surface area contributed by atoms with E-state index in [2.05, 4.69) is 4.98 Å². The number of carbonyl (C=O) groups excluding carboxylic acids is 1. The molecule has 0 saturated carbocycles. The predicted molar refractivity (Wildman–Crippen MR) is 73.5 cm³/mol. The van der Waals surface area contributed by atoms with Gasteiger partial charge in [0.25, 0.3) is 0 Å². The number of carboxylic acids is 1. The van der Waals surface area contributed by atoms with Crippen LogP contribution in [0.4, 0.5) is 0 Å². The number of aryl methyl sites for hydroxylation is 1. The number of methoxy groups -OCH3 is 1. The summed E-state index contributed by atoms with van der Waals surface area (Å²) in [5.74, 6) is -1.51. The van der Waals surface area contributed by atoms with E-state index in [1.807, 2.05) is 12.3 Å².